The highest BCUT2D eigenvalue weighted by Crippen LogP contribution is 2.25. The van der Waals surface area contributed by atoms with E-state index in [4.69, 9.17) is 4.74 Å². The van der Waals surface area contributed by atoms with Crippen molar-refractivity contribution < 1.29 is 14.5 Å². The van der Waals surface area contributed by atoms with Gasteiger partial charge in [-0.3, -0.25) is 10.1 Å². The van der Waals surface area contributed by atoms with Gasteiger partial charge in [-0.25, -0.2) is 4.79 Å². The predicted molar refractivity (Wildman–Crippen MR) is 101 cm³/mol. The van der Waals surface area contributed by atoms with Crippen molar-refractivity contribution in [3.05, 3.63) is 46.0 Å². The van der Waals surface area contributed by atoms with Gasteiger partial charge in [-0.05, 0) is 50.5 Å². The maximum atomic E-state index is 12.0. The van der Waals surface area contributed by atoms with Gasteiger partial charge in [-0.2, -0.15) is 0 Å². The van der Waals surface area contributed by atoms with Crippen LogP contribution in [0.5, 0.6) is 0 Å². The van der Waals surface area contributed by atoms with Crippen LogP contribution < -0.4 is 0 Å². The van der Waals surface area contributed by atoms with E-state index in [9.17, 15) is 14.9 Å². The SMILES string of the molecule is CC(C)(C)OC(=O)N1CC=C(c2ccc([N+](=O)[O-])cc2)CC1.SS. The summed E-state index contributed by atoms with van der Waals surface area (Å²) >= 11 is 6.44. The number of hydrogen-bond donors (Lipinski definition) is 2. The number of carbonyl (C=O) groups is 1. The summed E-state index contributed by atoms with van der Waals surface area (Å²) < 4.78 is 5.34. The van der Waals surface area contributed by atoms with Gasteiger partial charge in [0.2, 0.25) is 0 Å². The van der Waals surface area contributed by atoms with Gasteiger partial charge in [0.25, 0.3) is 5.69 Å². The third kappa shape index (κ3) is 6.09. The average molecular weight is 370 g/mol. The molecule has 24 heavy (non-hydrogen) atoms. The van der Waals surface area contributed by atoms with E-state index >= 15 is 0 Å². The van der Waals surface area contributed by atoms with E-state index in [0.717, 1.165) is 11.1 Å². The molecule has 0 radical (unpaired) electrons. The van der Waals surface area contributed by atoms with Gasteiger partial charge in [0, 0.05) is 25.2 Å². The Kier molecular flexibility index (Phi) is 7.62. The Morgan fingerprint density at radius 2 is 1.83 bits per heavy atom. The van der Waals surface area contributed by atoms with Crippen molar-refractivity contribution in [2.24, 2.45) is 0 Å². The lowest BCUT2D eigenvalue weighted by Gasteiger charge is -2.29. The molecule has 1 aromatic carbocycles. The Morgan fingerprint density at radius 3 is 2.25 bits per heavy atom. The summed E-state index contributed by atoms with van der Waals surface area (Å²) in [6.07, 6.45) is 2.36. The zero-order valence-electron chi connectivity index (χ0n) is 13.9. The number of non-ortho nitro benzene ring substituents is 1. The van der Waals surface area contributed by atoms with Crippen molar-refractivity contribution in [1.82, 2.24) is 4.90 Å². The number of nitro groups is 1. The highest BCUT2D eigenvalue weighted by Gasteiger charge is 2.23. The number of nitrogens with zero attached hydrogens (tertiary/aromatic N) is 2. The van der Waals surface area contributed by atoms with Gasteiger partial charge in [0.05, 0.1) is 4.92 Å². The van der Waals surface area contributed by atoms with Crippen LogP contribution in [-0.4, -0.2) is 34.6 Å². The first-order valence-corrected chi connectivity index (χ1v) is 8.98. The molecule has 0 saturated carbocycles. The van der Waals surface area contributed by atoms with Crippen molar-refractivity contribution in [2.75, 3.05) is 13.1 Å². The normalized spacial score (nSPS) is 14.2. The lowest BCUT2D eigenvalue weighted by atomic mass is 9.99. The number of hydrogen-bond acceptors (Lipinski definition) is 6. The number of nitro benzene ring substituents is 1. The molecule has 6 nitrogen and oxygen atoms in total. The van der Waals surface area contributed by atoms with E-state index in [-0.39, 0.29) is 11.8 Å². The van der Waals surface area contributed by atoms with Gasteiger partial charge in [0.15, 0.2) is 0 Å². The maximum absolute atomic E-state index is 12.0. The second-order valence-electron chi connectivity index (χ2n) is 6.21. The molecule has 0 N–H and O–H groups in total. The van der Waals surface area contributed by atoms with Crippen molar-refractivity contribution in [2.45, 2.75) is 32.8 Å². The Balaban J connectivity index is 0.00000139. The number of ether oxygens (including phenoxy) is 1. The molecule has 1 aliphatic rings. The van der Waals surface area contributed by atoms with Gasteiger partial charge in [0.1, 0.15) is 5.60 Å². The van der Waals surface area contributed by atoms with Crippen LogP contribution in [0.4, 0.5) is 10.5 Å². The van der Waals surface area contributed by atoms with Crippen LogP contribution in [0.2, 0.25) is 0 Å². The molecule has 0 saturated heterocycles. The quantitative estimate of drug-likeness (QED) is 0.351. The summed E-state index contributed by atoms with van der Waals surface area (Å²) in [6.45, 7) is 6.59. The lowest BCUT2D eigenvalue weighted by Crippen LogP contribution is -2.39. The monoisotopic (exact) mass is 370 g/mol. The topological polar surface area (TPSA) is 72.7 Å². The minimum Gasteiger partial charge on any atom is -0.444 e. The van der Waals surface area contributed by atoms with Crippen molar-refractivity contribution in [3.8, 4) is 0 Å². The first-order valence-electron chi connectivity index (χ1n) is 7.38. The predicted octanol–water partition coefficient (Wildman–Crippen LogP) is 4.38. The van der Waals surface area contributed by atoms with Crippen molar-refractivity contribution in [1.29, 1.82) is 0 Å². The summed E-state index contributed by atoms with van der Waals surface area (Å²) in [5.41, 5.74) is 1.62. The Morgan fingerprint density at radius 1 is 1.25 bits per heavy atom. The molecule has 0 bridgehead atoms. The second kappa shape index (κ2) is 8.98. The van der Waals surface area contributed by atoms with Crippen LogP contribution in [0.1, 0.15) is 32.8 Å². The molecule has 0 atom stereocenters. The minimum atomic E-state index is -0.501. The van der Waals surface area contributed by atoms with Crippen LogP contribution in [0.3, 0.4) is 0 Å². The van der Waals surface area contributed by atoms with Crippen molar-refractivity contribution >= 4 is 40.7 Å². The van der Waals surface area contributed by atoms with Crippen LogP contribution >= 0.6 is 23.3 Å². The fourth-order valence-corrected chi connectivity index (χ4v) is 2.22. The third-order valence-corrected chi connectivity index (χ3v) is 3.31. The van der Waals surface area contributed by atoms with Gasteiger partial charge in [-0.15, -0.1) is 23.3 Å². The lowest BCUT2D eigenvalue weighted by molar-refractivity contribution is -0.384. The molecular formula is C16H22N2O4S2. The largest absolute Gasteiger partial charge is 0.444 e. The van der Waals surface area contributed by atoms with E-state index in [1.165, 1.54) is 12.1 Å². The molecule has 1 aliphatic heterocycles. The van der Waals surface area contributed by atoms with Gasteiger partial charge >= 0.3 is 6.09 Å². The number of thiol groups is 2. The number of carbonyl (C=O) groups excluding carboxylic acids is 1. The molecular weight excluding hydrogens is 348 g/mol. The fraction of sp³-hybridized carbons (Fsp3) is 0.438. The van der Waals surface area contributed by atoms with Crippen LogP contribution in [0.25, 0.3) is 5.57 Å². The summed E-state index contributed by atoms with van der Waals surface area (Å²) in [6, 6.07) is 6.48. The molecule has 0 spiro atoms. The average Bonchev–Trinajstić information content (AvgIpc) is 2.55. The molecule has 132 valence electrons. The van der Waals surface area contributed by atoms with Crippen LogP contribution in [0, 0.1) is 10.1 Å². The molecule has 0 unspecified atom stereocenters. The molecule has 0 aliphatic carbocycles. The fourth-order valence-electron chi connectivity index (χ4n) is 2.22. The Labute approximate surface area is 152 Å². The standard InChI is InChI=1S/C16H20N2O4.H2S2/c1-16(2,3)22-15(19)17-10-8-13(9-11-17)12-4-6-14(7-5-12)18(20)21;1-2/h4-8H,9-11H2,1-3H3;1-2H. The summed E-state index contributed by atoms with van der Waals surface area (Å²) in [5.74, 6) is 0. The molecule has 2 rings (SSSR count). The van der Waals surface area contributed by atoms with E-state index in [1.807, 2.05) is 26.8 Å². The minimum absolute atomic E-state index is 0.0792. The number of rotatable bonds is 2. The Hall–Kier alpha value is -1.67. The van der Waals surface area contributed by atoms with E-state index in [1.54, 1.807) is 17.0 Å². The first kappa shape index (κ1) is 20.4. The molecule has 0 fully saturated rings. The maximum Gasteiger partial charge on any atom is 0.410 e. The van der Waals surface area contributed by atoms with Crippen LogP contribution in [0.15, 0.2) is 30.3 Å². The van der Waals surface area contributed by atoms with E-state index in [2.05, 4.69) is 23.3 Å². The van der Waals surface area contributed by atoms with Crippen molar-refractivity contribution in [3.63, 3.8) is 0 Å². The van der Waals surface area contributed by atoms with Gasteiger partial charge in [-0.1, -0.05) is 6.08 Å². The number of amides is 1. The molecule has 1 heterocycles. The summed E-state index contributed by atoms with van der Waals surface area (Å²) in [4.78, 5) is 23.9. The highest BCUT2D eigenvalue weighted by molar-refractivity contribution is 8.59. The smallest absolute Gasteiger partial charge is 0.410 e. The highest BCUT2D eigenvalue weighted by atomic mass is 33.1. The summed E-state index contributed by atoms with van der Waals surface area (Å²) in [7, 11) is 0. The molecule has 0 aromatic heterocycles. The second-order valence-corrected chi connectivity index (χ2v) is 6.21. The van der Waals surface area contributed by atoms with E-state index < -0.39 is 10.5 Å². The third-order valence-electron chi connectivity index (χ3n) is 3.31. The zero-order chi connectivity index (χ0) is 18.3. The van der Waals surface area contributed by atoms with E-state index in [0.29, 0.717) is 19.5 Å². The molecule has 1 amide bonds. The summed E-state index contributed by atoms with van der Waals surface area (Å²) in [5, 5.41) is 10.7. The van der Waals surface area contributed by atoms with Gasteiger partial charge < -0.3 is 9.64 Å². The first-order chi connectivity index (χ1) is 11.3. The molecule has 8 heteroatoms. The zero-order valence-corrected chi connectivity index (χ0v) is 15.7. The van der Waals surface area contributed by atoms with Crippen LogP contribution in [-0.2, 0) is 4.74 Å². The number of benzene rings is 1. The Bertz CT molecular complexity index is 609. The molecule has 1 aromatic rings.